The Labute approximate surface area is 65.8 Å². The summed E-state index contributed by atoms with van der Waals surface area (Å²) in [6, 6.07) is 0. The van der Waals surface area contributed by atoms with E-state index in [4.69, 9.17) is 13.3 Å². The fraction of sp³-hybridized carbons (Fsp3) is 0.600. The van der Waals surface area contributed by atoms with Gasteiger partial charge in [-0.3, -0.25) is 0 Å². The summed E-state index contributed by atoms with van der Waals surface area (Å²) in [6.07, 6.45) is 0. The highest BCUT2D eigenvalue weighted by Crippen LogP contribution is 2.06. The molecular formula is C5H11O3Si2. The van der Waals surface area contributed by atoms with Gasteiger partial charge < -0.3 is 13.3 Å². The summed E-state index contributed by atoms with van der Waals surface area (Å²) in [5.74, 6) is 0. The second-order valence-electron chi connectivity index (χ2n) is 1.55. The lowest BCUT2D eigenvalue weighted by Crippen LogP contribution is -2.40. The molecule has 0 spiro atoms. The van der Waals surface area contributed by atoms with Crippen molar-refractivity contribution >= 4 is 19.0 Å². The largest absolute Gasteiger partial charge is 0.528 e. The van der Waals surface area contributed by atoms with Crippen LogP contribution in [0, 0.1) is 0 Å². The van der Waals surface area contributed by atoms with E-state index in [9.17, 15) is 0 Å². The van der Waals surface area contributed by atoms with Gasteiger partial charge in [0, 0.05) is 21.3 Å². The van der Waals surface area contributed by atoms with Crippen LogP contribution >= 0.6 is 0 Å². The van der Waals surface area contributed by atoms with E-state index in [2.05, 4.69) is 10.2 Å². The minimum Gasteiger partial charge on any atom is -0.374 e. The first-order chi connectivity index (χ1) is 4.74. The van der Waals surface area contributed by atoms with Gasteiger partial charge in [-0.25, -0.2) is 0 Å². The Morgan fingerprint density at radius 3 is 1.60 bits per heavy atom. The van der Waals surface area contributed by atoms with Gasteiger partial charge in [0.05, 0.1) is 10.2 Å². The van der Waals surface area contributed by atoms with E-state index in [1.165, 1.54) is 0 Å². The third-order valence-electron chi connectivity index (χ3n) is 1.14. The molecule has 3 radical (unpaired) electrons. The maximum atomic E-state index is 5.05. The van der Waals surface area contributed by atoms with Gasteiger partial charge in [-0.1, -0.05) is 0 Å². The highest BCUT2D eigenvalue weighted by molar-refractivity contribution is 6.66. The molecule has 0 aromatic carbocycles. The van der Waals surface area contributed by atoms with Crippen molar-refractivity contribution in [3.63, 3.8) is 0 Å². The summed E-state index contributed by atoms with van der Waals surface area (Å²) in [4.78, 5) is 0. The highest BCUT2D eigenvalue weighted by atomic mass is 28.4. The minimum atomic E-state index is -2.45. The number of rotatable bonds is 4. The lowest BCUT2D eigenvalue weighted by atomic mass is 11.2. The summed E-state index contributed by atoms with van der Waals surface area (Å²) in [7, 11) is 5.40. The van der Waals surface area contributed by atoms with Crippen LogP contribution in [0.1, 0.15) is 0 Å². The molecule has 10 heavy (non-hydrogen) atoms. The third kappa shape index (κ3) is 2.35. The molecule has 0 saturated carbocycles. The van der Waals surface area contributed by atoms with Crippen LogP contribution in [-0.2, 0) is 13.3 Å². The van der Waals surface area contributed by atoms with Crippen LogP contribution < -0.4 is 0 Å². The van der Waals surface area contributed by atoms with E-state index in [0.29, 0.717) is 0 Å². The topological polar surface area (TPSA) is 27.7 Å². The Bertz CT molecular complexity index is 103. The number of hydrogen-bond acceptors (Lipinski definition) is 3. The predicted octanol–water partition coefficient (Wildman–Crippen LogP) is 0.0859. The lowest BCUT2D eigenvalue weighted by molar-refractivity contribution is 0.138. The van der Waals surface area contributed by atoms with Gasteiger partial charge in [0.1, 0.15) is 0 Å². The smallest absolute Gasteiger partial charge is 0.374 e. The van der Waals surface area contributed by atoms with Crippen LogP contribution in [0.2, 0.25) is 0 Å². The molecule has 5 heteroatoms. The summed E-state index contributed by atoms with van der Waals surface area (Å²) >= 11 is 0. The number of hydrogen-bond donors (Lipinski definition) is 0. The monoisotopic (exact) mass is 175 g/mol. The zero-order valence-electron chi connectivity index (χ0n) is 6.38. The predicted molar refractivity (Wildman–Crippen MR) is 41.7 cm³/mol. The van der Waals surface area contributed by atoms with Crippen LogP contribution in [0.15, 0.2) is 11.4 Å². The van der Waals surface area contributed by atoms with Crippen LogP contribution in [0.3, 0.4) is 0 Å². The van der Waals surface area contributed by atoms with E-state index in [0.717, 1.165) is 0 Å². The maximum Gasteiger partial charge on any atom is 0.528 e. The molecule has 0 aliphatic carbocycles. The van der Waals surface area contributed by atoms with E-state index < -0.39 is 8.80 Å². The van der Waals surface area contributed by atoms with Crippen molar-refractivity contribution in [3.05, 3.63) is 11.4 Å². The Morgan fingerprint density at radius 1 is 1.10 bits per heavy atom. The summed E-state index contributed by atoms with van der Waals surface area (Å²) < 4.78 is 15.2. The van der Waals surface area contributed by atoms with Crippen molar-refractivity contribution in [1.82, 2.24) is 0 Å². The molecule has 0 aliphatic rings. The SMILES string of the molecule is CO[Si](C=C[Si])(OC)OC. The maximum absolute atomic E-state index is 5.05. The first-order valence-electron chi connectivity index (χ1n) is 2.75. The first kappa shape index (κ1) is 10.1. The summed E-state index contributed by atoms with van der Waals surface area (Å²) in [6.45, 7) is 0. The zero-order chi connectivity index (χ0) is 8.04. The van der Waals surface area contributed by atoms with E-state index in [-0.39, 0.29) is 0 Å². The molecule has 0 fully saturated rings. The van der Waals surface area contributed by atoms with Crippen molar-refractivity contribution in [2.24, 2.45) is 0 Å². The zero-order valence-corrected chi connectivity index (χ0v) is 8.38. The van der Waals surface area contributed by atoms with Gasteiger partial charge in [-0.05, 0) is 5.70 Å². The molecule has 3 nitrogen and oxygen atoms in total. The lowest BCUT2D eigenvalue weighted by Gasteiger charge is -2.19. The van der Waals surface area contributed by atoms with Gasteiger partial charge in [0.2, 0.25) is 0 Å². The minimum absolute atomic E-state index is 1.56. The average Bonchev–Trinajstić information content (AvgIpc) is 2.01. The Balaban J connectivity index is 4.15. The first-order valence-corrected chi connectivity index (χ1v) is 5.13. The molecule has 0 aliphatic heterocycles. The Hall–Kier alpha value is 0.0538. The van der Waals surface area contributed by atoms with Crippen molar-refractivity contribution in [2.45, 2.75) is 0 Å². The van der Waals surface area contributed by atoms with Gasteiger partial charge in [-0.15, -0.1) is 5.70 Å². The fourth-order valence-corrected chi connectivity index (χ4v) is 2.28. The standard InChI is InChI=1S/C5H11O3Si2/c1-6-10(7-2,8-3)5-4-9/h4-5H,1-3H3. The van der Waals surface area contributed by atoms with Crippen LogP contribution in [0.25, 0.3) is 0 Å². The van der Waals surface area contributed by atoms with Crippen molar-refractivity contribution in [1.29, 1.82) is 0 Å². The van der Waals surface area contributed by atoms with Gasteiger partial charge in [-0.2, -0.15) is 0 Å². The van der Waals surface area contributed by atoms with Gasteiger partial charge >= 0.3 is 8.80 Å². The molecule has 0 aromatic rings. The Kier molecular flexibility index (Phi) is 4.83. The third-order valence-corrected chi connectivity index (χ3v) is 3.92. The molecule has 0 bridgehead atoms. The van der Waals surface area contributed by atoms with Gasteiger partial charge in [0.25, 0.3) is 0 Å². The normalized spacial score (nSPS) is 12.8. The van der Waals surface area contributed by atoms with Crippen molar-refractivity contribution < 1.29 is 13.3 Å². The van der Waals surface area contributed by atoms with Crippen LogP contribution in [0.4, 0.5) is 0 Å². The second kappa shape index (κ2) is 4.81. The van der Waals surface area contributed by atoms with Crippen molar-refractivity contribution in [3.8, 4) is 0 Å². The molecule has 0 aromatic heterocycles. The molecule has 0 atom stereocenters. The van der Waals surface area contributed by atoms with E-state index >= 15 is 0 Å². The summed E-state index contributed by atoms with van der Waals surface area (Å²) in [5, 5.41) is 0. The second-order valence-corrected chi connectivity index (χ2v) is 4.65. The highest BCUT2D eigenvalue weighted by Gasteiger charge is 2.33. The fourth-order valence-electron chi connectivity index (χ4n) is 0.556. The molecule has 57 valence electrons. The van der Waals surface area contributed by atoms with Crippen molar-refractivity contribution in [2.75, 3.05) is 21.3 Å². The molecular weight excluding hydrogens is 164 g/mol. The molecule has 0 amide bonds. The molecule has 0 N–H and O–H groups in total. The average molecular weight is 175 g/mol. The summed E-state index contributed by atoms with van der Waals surface area (Å²) in [5.41, 5.74) is 3.41. The van der Waals surface area contributed by atoms with Crippen LogP contribution in [0.5, 0.6) is 0 Å². The quantitative estimate of drug-likeness (QED) is 0.567. The molecule has 0 heterocycles. The van der Waals surface area contributed by atoms with E-state index in [1.54, 1.807) is 32.7 Å². The molecule has 0 saturated heterocycles. The van der Waals surface area contributed by atoms with E-state index in [1.807, 2.05) is 0 Å². The molecule has 0 unspecified atom stereocenters. The Morgan fingerprint density at radius 2 is 1.50 bits per heavy atom. The molecule has 0 rings (SSSR count). The van der Waals surface area contributed by atoms with Gasteiger partial charge in [0.15, 0.2) is 0 Å². The van der Waals surface area contributed by atoms with Crippen LogP contribution in [-0.4, -0.2) is 40.4 Å².